The second kappa shape index (κ2) is 4.72. The Hall–Kier alpha value is -2.36. The molecule has 19 heavy (non-hydrogen) atoms. The average Bonchev–Trinajstić information content (AvgIpc) is 2.32. The van der Waals surface area contributed by atoms with Crippen molar-refractivity contribution in [3.8, 4) is 0 Å². The van der Waals surface area contributed by atoms with Crippen LogP contribution in [0, 0.1) is 13.8 Å². The van der Waals surface area contributed by atoms with Crippen LogP contribution < -0.4 is 5.56 Å². The number of aryl methyl sites for hydroxylation is 2. The van der Waals surface area contributed by atoms with Crippen LogP contribution in [0.3, 0.4) is 0 Å². The van der Waals surface area contributed by atoms with Gasteiger partial charge in [0.15, 0.2) is 0 Å². The minimum Gasteiger partial charge on any atom is -0.478 e. The molecule has 4 heteroatoms. The van der Waals surface area contributed by atoms with Gasteiger partial charge in [0.2, 0.25) is 0 Å². The van der Waals surface area contributed by atoms with Gasteiger partial charge in [-0.3, -0.25) is 4.79 Å². The summed E-state index contributed by atoms with van der Waals surface area (Å²) in [4.78, 5) is 23.1. The number of nitrogens with zero attached hydrogens (tertiary/aromatic N) is 1. The molecule has 0 spiro atoms. The molecule has 0 unspecified atom stereocenters. The molecule has 0 fully saturated rings. The Morgan fingerprint density at radius 3 is 2.68 bits per heavy atom. The van der Waals surface area contributed by atoms with Crippen LogP contribution in [-0.2, 0) is 6.54 Å². The number of carboxylic acid groups (broad SMARTS) is 1. The minimum atomic E-state index is -0.946. The van der Waals surface area contributed by atoms with Crippen molar-refractivity contribution in [3.63, 3.8) is 0 Å². The third-order valence-electron chi connectivity index (χ3n) is 3.28. The van der Waals surface area contributed by atoms with Crippen LogP contribution in [0.5, 0.6) is 0 Å². The van der Waals surface area contributed by atoms with Crippen molar-refractivity contribution < 1.29 is 9.90 Å². The SMILES string of the molecule is C=CCn1c(=O)ccc2c(C)c(C(=O)O)c(C)cc21. The summed E-state index contributed by atoms with van der Waals surface area (Å²) in [5.74, 6) is -0.946. The molecular formula is C15H15NO3. The van der Waals surface area contributed by atoms with Gasteiger partial charge in [-0.2, -0.15) is 0 Å². The quantitative estimate of drug-likeness (QED) is 0.859. The van der Waals surface area contributed by atoms with Gasteiger partial charge in [-0.15, -0.1) is 6.58 Å². The van der Waals surface area contributed by atoms with E-state index in [1.807, 2.05) is 0 Å². The topological polar surface area (TPSA) is 59.3 Å². The Kier molecular flexibility index (Phi) is 3.25. The van der Waals surface area contributed by atoms with Gasteiger partial charge in [0.05, 0.1) is 11.1 Å². The molecule has 1 aromatic carbocycles. The Morgan fingerprint density at radius 2 is 2.11 bits per heavy atom. The van der Waals surface area contributed by atoms with E-state index in [1.54, 1.807) is 36.6 Å². The highest BCUT2D eigenvalue weighted by Crippen LogP contribution is 2.24. The molecule has 2 aromatic rings. The maximum atomic E-state index is 11.9. The van der Waals surface area contributed by atoms with E-state index in [4.69, 9.17) is 0 Å². The lowest BCUT2D eigenvalue weighted by Crippen LogP contribution is -2.19. The highest BCUT2D eigenvalue weighted by molar-refractivity contribution is 5.98. The Bertz CT molecular complexity index is 741. The zero-order chi connectivity index (χ0) is 14.2. The van der Waals surface area contributed by atoms with Crippen molar-refractivity contribution in [2.24, 2.45) is 0 Å². The van der Waals surface area contributed by atoms with Crippen LogP contribution in [-0.4, -0.2) is 15.6 Å². The second-order valence-corrected chi connectivity index (χ2v) is 4.50. The van der Waals surface area contributed by atoms with E-state index in [0.29, 0.717) is 23.2 Å². The lowest BCUT2D eigenvalue weighted by Gasteiger charge is -2.13. The van der Waals surface area contributed by atoms with Crippen molar-refractivity contribution in [1.29, 1.82) is 0 Å². The number of carbonyl (C=O) groups is 1. The molecule has 0 aliphatic rings. The van der Waals surface area contributed by atoms with E-state index in [0.717, 1.165) is 10.9 Å². The monoisotopic (exact) mass is 257 g/mol. The normalized spacial score (nSPS) is 10.6. The molecule has 0 saturated carbocycles. The number of pyridine rings is 1. The number of allylic oxidation sites excluding steroid dienone is 1. The van der Waals surface area contributed by atoms with Crippen molar-refractivity contribution in [2.45, 2.75) is 20.4 Å². The van der Waals surface area contributed by atoms with E-state index in [-0.39, 0.29) is 5.56 Å². The Morgan fingerprint density at radius 1 is 1.42 bits per heavy atom. The lowest BCUT2D eigenvalue weighted by molar-refractivity contribution is 0.0695. The van der Waals surface area contributed by atoms with Crippen LogP contribution in [0.15, 0.2) is 35.6 Å². The molecular weight excluding hydrogens is 242 g/mol. The van der Waals surface area contributed by atoms with Crippen LogP contribution in [0.2, 0.25) is 0 Å². The smallest absolute Gasteiger partial charge is 0.336 e. The summed E-state index contributed by atoms with van der Waals surface area (Å²) in [7, 11) is 0. The van der Waals surface area contributed by atoms with Crippen LogP contribution in [0.1, 0.15) is 21.5 Å². The molecule has 0 aliphatic carbocycles. The second-order valence-electron chi connectivity index (χ2n) is 4.50. The van der Waals surface area contributed by atoms with Gasteiger partial charge in [0, 0.05) is 18.0 Å². The fourth-order valence-corrected chi connectivity index (χ4v) is 2.42. The van der Waals surface area contributed by atoms with Crippen molar-refractivity contribution in [3.05, 3.63) is 57.9 Å². The molecule has 1 N–H and O–H groups in total. The standard InChI is InChI=1S/C15H15NO3/c1-4-7-16-12-8-9(2)14(15(18)19)10(3)11(12)5-6-13(16)17/h4-6,8H,1,7H2,2-3H3,(H,18,19). The molecule has 4 nitrogen and oxygen atoms in total. The predicted octanol–water partition coefficient (Wildman–Crippen LogP) is 2.50. The number of hydrogen-bond acceptors (Lipinski definition) is 2. The molecule has 0 radical (unpaired) electrons. The summed E-state index contributed by atoms with van der Waals surface area (Å²) in [6.07, 6.45) is 1.65. The predicted molar refractivity (Wildman–Crippen MR) is 74.8 cm³/mol. The molecule has 0 atom stereocenters. The third-order valence-corrected chi connectivity index (χ3v) is 3.28. The van der Waals surface area contributed by atoms with Crippen molar-refractivity contribution >= 4 is 16.9 Å². The fourth-order valence-electron chi connectivity index (χ4n) is 2.42. The fraction of sp³-hybridized carbons (Fsp3) is 0.200. The van der Waals surface area contributed by atoms with E-state index < -0.39 is 5.97 Å². The van der Waals surface area contributed by atoms with Gasteiger partial charge in [-0.05, 0) is 37.1 Å². The van der Waals surface area contributed by atoms with Gasteiger partial charge in [0.1, 0.15) is 0 Å². The van der Waals surface area contributed by atoms with E-state index in [9.17, 15) is 14.7 Å². The first-order valence-corrected chi connectivity index (χ1v) is 5.95. The van der Waals surface area contributed by atoms with Crippen LogP contribution in [0.25, 0.3) is 10.9 Å². The molecule has 98 valence electrons. The highest BCUT2D eigenvalue weighted by atomic mass is 16.4. The van der Waals surface area contributed by atoms with E-state index in [1.165, 1.54) is 6.07 Å². The average molecular weight is 257 g/mol. The number of carboxylic acids is 1. The maximum Gasteiger partial charge on any atom is 0.336 e. The number of fused-ring (bicyclic) bond motifs is 1. The molecule has 1 heterocycles. The summed E-state index contributed by atoms with van der Waals surface area (Å²) in [5, 5.41) is 10.0. The van der Waals surface area contributed by atoms with Gasteiger partial charge < -0.3 is 9.67 Å². The highest BCUT2D eigenvalue weighted by Gasteiger charge is 2.15. The first-order chi connectivity index (χ1) is 8.97. The van der Waals surface area contributed by atoms with Crippen molar-refractivity contribution in [1.82, 2.24) is 4.57 Å². The zero-order valence-corrected chi connectivity index (χ0v) is 10.9. The number of rotatable bonds is 3. The maximum absolute atomic E-state index is 11.9. The third kappa shape index (κ3) is 2.05. The lowest BCUT2D eigenvalue weighted by atomic mass is 9.98. The molecule has 0 saturated heterocycles. The summed E-state index contributed by atoms with van der Waals surface area (Å²) in [6, 6.07) is 4.88. The molecule has 1 aromatic heterocycles. The largest absolute Gasteiger partial charge is 0.478 e. The van der Waals surface area contributed by atoms with Gasteiger partial charge in [0.25, 0.3) is 5.56 Å². The summed E-state index contributed by atoms with van der Waals surface area (Å²) in [6.45, 7) is 7.55. The summed E-state index contributed by atoms with van der Waals surface area (Å²) < 4.78 is 1.59. The first kappa shape index (κ1) is 13.1. The van der Waals surface area contributed by atoms with E-state index in [2.05, 4.69) is 6.58 Å². The van der Waals surface area contributed by atoms with Gasteiger partial charge >= 0.3 is 5.97 Å². The number of hydrogen-bond donors (Lipinski definition) is 1. The van der Waals surface area contributed by atoms with Crippen LogP contribution >= 0.6 is 0 Å². The van der Waals surface area contributed by atoms with Gasteiger partial charge in [-0.1, -0.05) is 6.08 Å². The minimum absolute atomic E-state index is 0.116. The van der Waals surface area contributed by atoms with Gasteiger partial charge in [-0.25, -0.2) is 4.79 Å². The Balaban J connectivity index is 2.95. The molecule has 0 amide bonds. The number of aromatic nitrogens is 1. The molecule has 2 rings (SSSR count). The summed E-state index contributed by atoms with van der Waals surface area (Å²) >= 11 is 0. The number of aromatic carboxylic acids is 1. The zero-order valence-electron chi connectivity index (χ0n) is 10.9. The van der Waals surface area contributed by atoms with Crippen LogP contribution in [0.4, 0.5) is 0 Å². The molecule has 0 aliphatic heterocycles. The summed E-state index contributed by atoms with van der Waals surface area (Å²) in [5.41, 5.74) is 2.26. The number of benzene rings is 1. The van der Waals surface area contributed by atoms with E-state index >= 15 is 0 Å². The molecule has 0 bridgehead atoms. The van der Waals surface area contributed by atoms with Crippen molar-refractivity contribution in [2.75, 3.05) is 0 Å². The Labute approximate surface area is 110 Å². The first-order valence-electron chi connectivity index (χ1n) is 5.95.